The van der Waals surface area contributed by atoms with Crippen LogP contribution in [-0.2, 0) is 0 Å². The van der Waals surface area contributed by atoms with Crippen LogP contribution in [0.1, 0.15) is 13.3 Å². The maximum absolute atomic E-state index is 3.50. The van der Waals surface area contributed by atoms with Gasteiger partial charge in [-0.05, 0) is 13.3 Å². The van der Waals surface area contributed by atoms with E-state index in [0.717, 1.165) is 6.42 Å². The molecule has 0 bridgehead atoms. The van der Waals surface area contributed by atoms with Crippen LogP contribution in [0.4, 0.5) is 0 Å². The minimum atomic E-state index is 0.576. The third-order valence-electron chi connectivity index (χ3n) is 1.22. The van der Waals surface area contributed by atoms with E-state index in [2.05, 4.69) is 41.1 Å². The monoisotopic (exact) mass is 172 g/mol. The molecule has 1 aliphatic rings. The van der Waals surface area contributed by atoms with Crippen LogP contribution in [0, 0.1) is 0 Å². The van der Waals surface area contributed by atoms with Gasteiger partial charge in [-0.3, -0.25) is 0 Å². The summed E-state index contributed by atoms with van der Waals surface area (Å²) in [5, 5.41) is 0. The zero-order valence-corrected chi connectivity index (χ0v) is 6.48. The van der Waals surface area contributed by atoms with Crippen molar-refractivity contribution in [3.63, 3.8) is 0 Å². The third-order valence-corrected chi connectivity index (χ3v) is 1.85. The highest BCUT2D eigenvalue weighted by atomic mass is 79.9. The maximum Gasteiger partial charge on any atom is 0.0365 e. The maximum atomic E-state index is 3.50. The highest BCUT2D eigenvalue weighted by Gasteiger charge is 2.01. The van der Waals surface area contributed by atoms with Crippen molar-refractivity contribution in [2.75, 3.05) is 0 Å². The van der Waals surface area contributed by atoms with Crippen LogP contribution in [-0.4, -0.2) is 4.83 Å². The van der Waals surface area contributed by atoms with Crippen LogP contribution in [0.3, 0.4) is 0 Å². The summed E-state index contributed by atoms with van der Waals surface area (Å²) in [6.45, 7) is 2.15. The van der Waals surface area contributed by atoms with Crippen molar-refractivity contribution in [3.05, 3.63) is 23.8 Å². The van der Waals surface area contributed by atoms with Crippen LogP contribution in [0.15, 0.2) is 23.8 Å². The molecule has 0 aromatic rings. The van der Waals surface area contributed by atoms with Crippen molar-refractivity contribution in [2.45, 2.75) is 18.2 Å². The SMILES string of the molecule is CC1=CC=CC(Br)C1. The lowest BCUT2D eigenvalue weighted by molar-refractivity contribution is 0.993. The third kappa shape index (κ3) is 1.48. The lowest BCUT2D eigenvalue weighted by Crippen LogP contribution is -1.96. The first-order valence-corrected chi connectivity index (χ1v) is 3.68. The molecule has 1 atom stereocenters. The Morgan fingerprint density at radius 2 is 2.50 bits per heavy atom. The standard InChI is InChI=1S/C7H9Br/c1-6-3-2-4-7(8)5-6/h2-4,7H,5H2,1H3. The average molecular weight is 173 g/mol. The van der Waals surface area contributed by atoms with Crippen molar-refractivity contribution in [1.29, 1.82) is 0 Å². The molecule has 0 heterocycles. The van der Waals surface area contributed by atoms with Crippen LogP contribution in [0.25, 0.3) is 0 Å². The van der Waals surface area contributed by atoms with E-state index in [0.29, 0.717) is 4.83 Å². The fourth-order valence-electron chi connectivity index (χ4n) is 0.784. The van der Waals surface area contributed by atoms with Gasteiger partial charge in [0.15, 0.2) is 0 Å². The predicted molar refractivity (Wildman–Crippen MR) is 40.2 cm³/mol. The molecule has 44 valence electrons. The van der Waals surface area contributed by atoms with Crippen LogP contribution < -0.4 is 0 Å². The molecule has 0 fully saturated rings. The Bertz CT molecular complexity index is 133. The highest BCUT2D eigenvalue weighted by Crippen LogP contribution is 2.17. The summed E-state index contributed by atoms with van der Waals surface area (Å²) < 4.78 is 0. The summed E-state index contributed by atoms with van der Waals surface area (Å²) in [4.78, 5) is 0.576. The molecule has 0 saturated heterocycles. The second kappa shape index (κ2) is 2.49. The number of hydrogen-bond donors (Lipinski definition) is 0. The van der Waals surface area contributed by atoms with E-state index in [1.807, 2.05) is 0 Å². The average Bonchev–Trinajstić information content (AvgIpc) is 1.64. The molecule has 8 heavy (non-hydrogen) atoms. The molecule has 0 amide bonds. The zero-order chi connectivity index (χ0) is 5.98. The van der Waals surface area contributed by atoms with Gasteiger partial charge in [0.2, 0.25) is 0 Å². The predicted octanol–water partition coefficient (Wildman–Crippen LogP) is 2.66. The van der Waals surface area contributed by atoms with Crippen molar-refractivity contribution in [3.8, 4) is 0 Å². The normalized spacial score (nSPS) is 27.8. The summed E-state index contributed by atoms with van der Waals surface area (Å²) in [5.74, 6) is 0. The van der Waals surface area contributed by atoms with Gasteiger partial charge in [0.1, 0.15) is 0 Å². The van der Waals surface area contributed by atoms with Gasteiger partial charge in [-0.2, -0.15) is 0 Å². The second-order valence-corrected chi connectivity index (χ2v) is 3.29. The minimum Gasteiger partial charge on any atom is -0.0842 e. The van der Waals surface area contributed by atoms with Gasteiger partial charge in [0.05, 0.1) is 0 Å². The molecule has 1 aliphatic carbocycles. The summed E-state index contributed by atoms with van der Waals surface area (Å²) in [6, 6.07) is 0. The van der Waals surface area contributed by atoms with E-state index in [1.54, 1.807) is 0 Å². The van der Waals surface area contributed by atoms with Crippen LogP contribution in [0.5, 0.6) is 0 Å². The van der Waals surface area contributed by atoms with Gasteiger partial charge in [-0.15, -0.1) is 0 Å². The number of hydrogen-bond acceptors (Lipinski definition) is 0. The van der Waals surface area contributed by atoms with Crippen LogP contribution in [0.2, 0.25) is 0 Å². The van der Waals surface area contributed by atoms with Gasteiger partial charge < -0.3 is 0 Å². The molecule has 1 unspecified atom stereocenters. The molecule has 0 aliphatic heterocycles. The fourth-order valence-corrected chi connectivity index (χ4v) is 1.47. The van der Waals surface area contributed by atoms with E-state index in [1.165, 1.54) is 5.57 Å². The Kier molecular flexibility index (Phi) is 1.90. The van der Waals surface area contributed by atoms with Crippen LogP contribution >= 0.6 is 15.9 Å². The number of allylic oxidation sites excluding steroid dienone is 4. The lowest BCUT2D eigenvalue weighted by atomic mass is 10.1. The van der Waals surface area contributed by atoms with Gasteiger partial charge in [-0.25, -0.2) is 0 Å². The second-order valence-electron chi connectivity index (χ2n) is 2.12. The van der Waals surface area contributed by atoms with Crippen molar-refractivity contribution >= 4 is 15.9 Å². The Balaban J connectivity index is 2.59. The highest BCUT2D eigenvalue weighted by molar-refractivity contribution is 9.09. The van der Waals surface area contributed by atoms with Gasteiger partial charge in [0, 0.05) is 4.83 Å². The fraction of sp³-hybridized carbons (Fsp3) is 0.429. The molecule has 0 aromatic heterocycles. The molecular weight excluding hydrogens is 164 g/mol. The smallest absolute Gasteiger partial charge is 0.0365 e. The van der Waals surface area contributed by atoms with E-state index in [-0.39, 0.29) is 0 Å². The number of alkyl halides is 1. The number of halogens is 1. The molecule has 1 heteroatoms. The zero-order valence-electron chi connectivity index (χ0n) is 4.89. The van der Waals surface area contributed by atoms with Gasteiger partial charge in [0.25, 0.3) is 0 Å². The summed E-state index contributed by atoms with van der Waals surface area (Å²) >= 11 is 3.50. The van der Waals surface area contributed by atoms with Gasteiger partial charge in [-0.1, -0.05) is 39.7 Å². The summed E-state index contributed by atoms with van der Waals surface area (Å²) in [6.07, 6.45) is 7.57. The topological polar surface area (TPSA) is 0 Å². The van der Waals surface area contributed by atoms with Crippen molar-refractivity contribution in [2.24, 2.45) is 0 Å². The first-order chi connectivity index (χ1) is 3.79. The Morgan fingerprint density at radius 3 is 2.88 bits per heavy atom. The van der Waals surface area contributed by atoms with Gasteiger partial charge >= 0.3 is 0 Å². The molecule has 1 rings (SSSR count). The molecule has 0 radical (unpaired) electrons. The van der Waals surface area contributed by atoms with Crippen molar-refractivity contribution < 1.29 is 0 Å². The van der Waals surface area contributed by atoms with E-state index in [4.69, 9.17) is 0 Å². The largest absolute Gasteiger partial charge is 0.0842 e. The minimum absolute atomic E-state index is 0.576. The first-order valence-electron chi connectivity index (χ1n) is 2.77. The molecule has 0 spiro atoms. The summed E-state index contributed by atoms with van der Waals surface area (Å²) in [7, 11) is 0. The Morgan fingerprint density at radius 1 is 1.75 bits per heavy atom. The Hall–Kier alpha value is -0.0400. The quantitative estimate of drug-likeness (QED) is 0.494. The lowest BCUT2D eigenvalue weighted by Gasteiger charge is -2.07. The van der Waals surface area contributed by atoms with E-state index in [9.17, 15) is 0 Å². The Labute approximate surface area is 58.4 Å². The molecule has 0 aromatic carbocycles. The molecule has 0 saturated carbocycles. The number of rotatable bonds is 0. The first kappa shape index (κ1) is 6.09. The summed E-state index contributed by atoms with van der Waals surface area (Å²) in [5.41, 5.74) is 1.45. The molecular formula is C7H9Br. The van der Waals surface area contributed by atoms with E-state index >= 15 is 0 Å². The van der Waals surface area contributed by atoms with E-state index < -0.39 is 0 Å². The van der Waals surface area contributed by atoms with Crippen molar-refractivity contribution in [1.82, 2.24) is 0 Å². The molecule has 0 N–H and O–H groups in total. The molecule has 0 nitrogen and oxygen atoms in total.